The van der Waals surface area contributed by atoms with Gasteiger partial charge in [0.25, 0.3) is 0 Å². The van der Waals surface area contributed by atoms with Crippen LogP contribution in [0, 0.1) is 29.6 Å². The zero-order valence-electron chi connectivity index (χ0n) is 13.4. The average Bonchev–Trinajstić information content (AvgIpc) is 2.89. The topological polar surface area (TPSA) is 43.4 Å². The maximum atomic E-state index is 11.7. The summed E-state index contributed by atoms with van der Waals surface area (Å²) in [5, 5.41) is 0. The first-order valence-corrected chi connectivity index (χ1v) is 9.04. The van der Waals surface area contributed by atoms with E-state index in [4.69, 9.17) is 4.74 Å². The molecule has 6 unspecified atom stereocenters. The molecule has 0 amide bonds. The lowest BCUT2D eigenvalue weighted by molar-refractivity contribution is -0.149. The van der Waals surface area contributed by atoms with Crippen LogP contribution in [0.3, 0.4) is 0 Å². The molecule has 120 valence electrons. The van der Waals surface area contributed by atoms with Gasteiger partial charge in [-0.15, -0.1) is 0 Å². The Balaban J connectivity index is 1.52. The number of ketones is 1. The normalized spacial score (nSPS) is 43.7. The monoisotopic (exact) mass is 302 g/mol. The van der Waals surface area contributed by atoms with Crippen molar-refractivity contribution in [2.75, 3.05) is 0 Å². The Morgan fingerprint density at radius 1 is 0.955 bits per heavy atom. The highest BCUT2D eigenvalue weighted by Gasteiger charge is 2.51. The Bertz CT molecular complexity index is 521. The van der Waals surface area contributed by atoms with Crippen molar-refractivity contribution in [2.24, 2.45) is 29.6 Å². The Morgan fingerprint density at radius 2 is 1.68 bits per heavy atom. The van der Waals surface area contributed by atoms with E-state index in [-0.39, 0.29) is 12.1 Å². The number of carbonyl (C=O) groups is 2. The summed E-state index contributed by atoms with van der Waals surface area (Å²) < 4.78 is 5.59. The molecule has 4 aliphatic carbocycles. The lowest BCUT2D eigenvalue weighted by atomic mass is 9.56. The van der Waals surface area contributed by atoms with E-state index in [0.29, 0.717) is 17.6 Å². The standard InChI is InChI=1S/C19H26O3/c1-11(20)22-19-9-8-17-16-4-2-12-10-13(21)3-5-14(12)15(16)6-7-18(17)19/h10,14-19H,2-9H2,1H3. The van der Waals surface area contributed by atoms with Gasteiger partial charge in [-0.25, -0.2) is 0 Å². The van der Waals surface area contributed by atoms with Crippen molar-refractivity contribution in [3.05, 3.63) is 11.6 Å². The fourth-order valence-corrected chi connectivity index (χ4v) is 6.14. The SMILES string of the molecule is CC(=O)OC1CCC2C1CCC1C3CCC(=O)C=C3CCC12. The van der Waals surface area contributed by atoms with Gasteiger partial charge < -0.3 is 4.74 Å². The van der Waals surface area contributed by atoms with Crippen LogP contribution in [0.1, 0.15) is 58.3 Å². The molecule has 0 aromatic heterocycles. The third kappa shape index (κ3) is 2.33. The van der Waals surface area contributed by atoms with Gasteiger partial charge in [-0.1, -0.05) is 5.57 Å². The Labute approximate surface area is 132 Å². The van der Waals surface area contributed by atoms with Crippen molar-refractivity contribution >= 4 is 11.8 Å². The van der Waals surface area contributed by atoms with Crippen LogP contribution in [0.4, 0.5) is 0 Å². The third-order valence-corrected chi connectivity index (χ3v) is 6.87. The summed E-state index contributed by atoms with van der Waals surface area (Å²) in [5.74, 6) is 3.83. The molecule has 4 aliphatic rings. The number of rotatable bonds is 1. The van der Waals surface area contributed by atoms with E-state index in [1.54, 1.807) is 0 Å². The molecule has 0 radical (unpaired) electrons. The van der Waals surface area contributed by atoms with Gasteiger partial charge in [0, 0.05) is 13.3 Å². The first-order chi connectivity index (χ1) is 10.6. The lowest BCUT2D eigenvalue weighted by Gasteiger charge is -2.49. The fourth-order valence-electron chi connectivity index (χ4n) is 6.14. The molecule has 3 fully saturated rings. The minimum atomic E-state index is -0.118. The van der Waals surface area contributed by atoms with Gasteiger partial charge in [-0.3, -0.25) is 9.59 Å². The molecule has 3 nitrogen and oxygen atoms in total. The highest BCUT2D eigenvalue weighted by molar-refractivity contribution is 5.91. The second-order valence-corrected chi connectivity index (χ2v) is 7.83. The molecule has 0 heterocycles. The molecule has 6 atom stereocenters. The number of fused-ring (bicyclic) bond motifs is 5. The van der Waals surface area contributed by atoms with Crippen molar-refractivity contribution < 1.29 is 14.3 Å². The van der Waals surface area contributed by atoms with Crippen molar-refractivity contribution in [3.63, 3.8) is 0 Å². The second-order valence-electron chi connectivity index (χ2n) is 7.83. The summed E-state index contributed by atoms with van der Waals surface area (Å²) >= 11 is 0. The summed E-state index contributed by atoms with van der Waals surface area (Å²) in [6.07, 6.45) is 11.1. The predicted molar refractivity (Wildman–Crippen MR) is 83.0 cm³/mol. The number of carbonyl (C=O) groups excluding carboxylic acids is 2. The number of allylic oxidation sites excluding steroid dienone is 1. The first kappa shape index (κ1) is 14.5. The van der Waals surface area contributed by atoms with Gasteiger partial charge in [-0.2, -0.15) is 0 Å². The zero-order valence-corrected chi connectivity index (χ0v) is 13.4. The summed E-state index contributed by atoms with van der Waals surface area (Å²) in [4.78, 5) is 23.0. The van der Waals surface area contributed by atoms with Crippen LogP contribution in [0.5, 0.6) is 0 Å². The molecular formula is C19H26O3. The maximum absolute atomic E-state index is 11.7. The molecule has 3 heteroatoms. The van der Waals surface area contributed by atoms with Crippen molar-refractivity contribution in [2.45, 2.75) is 64.4 Å². The number of hydrogen-bond donors (Lipinski definition) is 0. The van der Waals surface area contributed by atoms with E-state index < -0.39 is 0 Å². The van der Waals surface area contributed by atoms with E-state index in [1.807, 2.05) is 6.08 Å². The van der Waals surface area contributed by atoms with Crippen LogP contribution in [0.25, 0.3) is 0 Å². The second kappa shape index (κ2) is 5.50. The molecule has 0 N–H and O–H groups in total. The van der Waals surface area contributed by atoms with E-state index >= 15 is 0 Å². The van der Waals surface area contributed by atoms with E-state index in [0.717, 1.165) is 43.4 Å². The van der Waals surface area contributed by atoms with Crippen molar-refractivity contribution in [1.82, 2.24) is 0 Å². The van der Waals surface area contributed by atoms with Crippen LogP contribution in [-0.4, -0.2) is 17.9 Å². The highest BCUT2D eigenvalue weighted by atomic mass is 16.5. The van der Waals surface area contributed by atoms with Gasteiger partial charge >= 0.3 is 5.97 Å². The summed E-state index contributed by atoms with van der Waals surface area (Å²) in [5.41, 5.74) is 1.45. The van der Waals surface area contributed by atoms with Gasteiger partial charge in [0.05, 0.1) is 0 Å². The van der Waals surface area contributed by atoms with Crippen molar-refractivity contribution in [3.8, 4) is 0 Å². The van der Waals surface area contributed by atoms with E-state index in [2.05, 4.69) is 0 Å². The number of ether oxygens (including phenoxy) is 1. The fraction of sp³-hybridized carbons (Fsp3) is 0.789. The molecule has 0 bridgehead atoms. The first-order valence-electron chi connectivity index (χ1n) is 9.04. The van der Waals surface area contributed by atoms with Gasteiger partial charge in [-0.05, 0) is 80.6 Å². The average molecular weight is 302 g/mol. The quantitative estimate of drug-likeness (QED) is 0.694. The van der Waals surface area contributed by atoms with Crippen LogP contribution in [-0.2, 0) is 14.3 Å². The number of hydrogen-bond acceptors (Lipinski definition) is 3. The predicted octanol–water partition coefficient (Wildman–Crippen LogP) is 3.67. The summed E-state index contributed by atoms with van der Waals surface area (Å²) in [7, 11) is 0. The molecule has 0 saturated heterocycles. The Hall–Kier alpha value is -1.12. The number of esters is 1. The third-order valence-electron chi connectivity index (χ3n) is 6.87. The van der Waals surface area contributed by atoms with E-state index in [9.17, 15) is 9.59 Å². The minimum Gasteiger partial charge on any atom is -0.462 e. The molecule has 0 aliphatic heterocycles. The van der Waals surface area contributed by atoms with Gasteiger partial charge in [0.1, 0.15) is 6.10 Å². The van der Waals surface area contributed by atoms with Crippen LogP contribution >= 0.6 is 0 Å². The molecule has 22 heavy (non-hydrogen) atoms. The van der Waals surface area contributed by atoms with Crippen LogP contribution < -0.4 is 0 Å². The van der Waals surface area contributed by atoms with Crippen molar-refractivity contribution in [1.29, 1.82) is 0 Å². The van der Waals surface area contributed by atoms with Gasteiger partial charge in [0.15, 0.2) is 5.78 Å². The Kier molecular flexibility index (Phi) is 3.62. The zero-order chi connectivity index (χ0) is 15.3. The highest BCUT2D eigenvalue weighted by Crippen LogP contribution is 2.57. The Morgan fingerprint density at radius 3 is 2.50 bits per heavy atom. The minimum absolute atomic E-state index is 0.118. The molecule has 0 aromatic carbocycles. The lowest BCUT2D eigenvalue weighted by Crippen LogP contribution is -2.42. The molecule has 0 spiro atoms. The molecule has 0 aromatic rings. The van der Waals surface area contributed by atoms with Gasteiger partial charge in [0.2, 0.25) is 0 Å². The van der Waals surface area contributed by atoms with E-state index in [1.165, 1.54) is 38.2 Å². The van der Waals surface area contributed by atoms with Crippen LogP contribution in [0.2, 0.25) is 0 Å². The summed E-state index contributed by atoms with van der Waals surface area (Å²) in [6.45, 7) is 1.54. The van der Waals surface area contributed by atoms with Crippen LogP contribution in [0.15, 0.2) is 11.6 Å². The molecule has 3 saturated carbocycles. The molecular weight excluding hydrogens is 276 g/mol. The molecule has 4 rings (SSSR count). The maximum Gasteiger partial charge on any atom is 0.302 e. The largest absolute Gasteiger partial charge is 0.462 e. The summed E-state index contributed by atoms with van der Waals surface area (Å²) in [6, 6.07) is 0. The smallest absolute Gasteiger partial charge is 0.302 e.